The minimum absolute atomic E-state index is 0.154. The van der Waals surface area contributed by atoms with Crippen molar-refractivity contribution in [3.05, 3.63) is 95.8 Å². The second-order valence-corrected chi connectivity index (χ2v) is 9.51. The Bertz CT molecular complexity index is 1580. The molecule has 0 spiro atoms. The number of ether oxygens (including phenoxy) is 1. The molecule has 1 N–H and O–H groups in total. The molecule has 192 valence electrons. The summed E-state index contributed by atoms with van der Waals surface area (Å²) in [5.41, 5.74) is 5.09. The Morgan fingerprint density at radius 3 is 2.82 bits per heavy atom. The molecule has 0 saturated heterocycles. The van der Waals surface area contributed by atoms with Crippen LogP contribution in [0.4, 0.5) is 0 Å². The molecule has 1 atom stereocenters. The van der Waals surface area contributed by atoms with E-state index in [9.17, 15) is 9.90 Å². The fraction of sp³-hybridized carbons (Fsp3) is 0.276. The topological polar surface area (TPSA) is 108 Å². The van der Waals surface area contributed by atoms with Crippen molar-refractivity contribution in [2.75, 3.05) is 6.61 Å². The number of benzene rings is 1. The summed E-state index contributed by atoms with van der Waals surface area (Å²) < 4.78 is 9.41. The Balaban J connectivity index is 1.20. The lowest BCUT2D eigenvalue weighted by Crippen LogP contribution is -2.18. The highest BCUT2D eigenvalue weighted by Gasteiger charge is 2.22. The zero-order valence-corrected chi connectivity index (χ0v) is 20.9. The summed E-state index contributed by atoms with van der Waals surface area (Å²) in [6.45, 7) is 0.525. The molecule has 1 aliphatic carbocycles. The van der Waals surface area contributed by atoms with Gasteiger partial charge in [0.05, 0.1) is 30.4 Å². The molecular weight excluding hydrogens is 480 g/mol. The number of rotatable bonds is 9. The van der Waals surface area contributed by atoms with Crippen molar-refractivity contribution >= 4 is 16.9 Å². The van der Waals surface area contributed by atoms with Gasteiger partial charge in [-0.1, -0.05) is 12.1 Å². The highest BCUT2D eigenvalue weighted by Crippen LogP contribution is 2.28. The van der Waals surface area contributed by atoms with Gasteiger partial charge in [-0.2, -0.15) is 10.2 Å². The van der Waals surface area contributed by atoms with Crippen molar-refractivity contribution in [3.63, 3.8) is 0 Å². The first-order valence-corrected chi connectivity index (χ1v) is 12.9. The lowest BCUT2D eigenvalue weighted by molar-refractivity contribution is -0.137. The predicted molar refractivity (Wildman–Crippen MR) is 142 cm³/mol. The molecule has 0 fully saturated rings. The normalized spacial score (nSPS) is 13.8. The minimum Gasteiger partial charge on any atom is -0.493 e. The fourth-order valence-corrected chi connectivity index (χ4v) is 5.05. The second-order valence-electron chi connectivity index (χ2n) is 9.51. The van der Waals surface area contributed by atoms with Crippen LogP contribution in [0.1, 0.15) is 47.9 Å². The van der Waals surface area contributed by atoms with Gasteiger partial charge in [-0.25, -0.2) is 9.67 Å². The average Bonchev–Trinajstić information content (AvgIpc) is 3.62. The van der Waals surface area contributed by atoms with Crippen molar-refractivity contribution in [1.82, 2.24) is 29.5 Å². The summed E-state index contributed by atoms with van der Waals surface area (Å²) in [5, 5.41) is 19.3. The Kier molecular flexibility index (Phi) is 6.56. The van der Waals surface area contributed by atoms with E-state index in [1.54, 1.807) is 28.0 Å². The summed E-state index contributed by atoms with van der Waals surface area (Å²) in [4.78, 5) is 21.3. The molecule has 5 aromatic rings. The van der Waals surface area contributed by atoms with Crippen LogP contribution in [0.5, 0.6) is 5.75 Å². The Morgan fingerprint density at radius 1 is 1.03 bits per heavy atom. The number of aromatic nitrogens is 6. The molecule has 0 aliphatic heterocycles. The zero-order valence-electron chi connectivity index (χ0n) is 20.9. The predicted octanol–water partition coefficient (Wildman–Crippen LogP) is 4.58. The van der Waals surface area contributed by atoms with E-state index >= 15 is 0 Å². The van der Waals surface area contributed by atoms with Crippen LogP contribution in [0.15, 0.2) is 73.2 Å². The van der Waals surface area contributed by atoms with Gasteiger partial charge in [0, 0.05) is 35.6 Å². The number of carbonyl (C=O) groups is 1. The number of aliphatic carboxylic acids is 1. The SMILES string of the molecule is O=C(O)CC(c1cccc(-n2cccn2)n1)n1ncc2cc(OCCc3ccc4c(n3)CCCC4)ccc21. The first-order valence-electron chi connectivity index (χ1n) is 12.9. The van der Waals surface area contributed by atoms with Gasteiger partial charge in [-0.3, -0.25) is 14.5 Å². The Hall–Kier alpha value is -4.53. The summed E-state index contributed by atoms with van der Waals surface area (Å²) in [6.07, 6.45) is 10.5. The lowest BCUT2D eigenvalue weighted by atomic mass is 9.96. The van der Waals surface area contributed by atoms with Gasteiger partial charge in [0.1, 0.15) is 11.8 Å². The van der Waals surface area contributed by atoms with Gasteiger partial charge in [-0.15, -0.1) is 0 Å². The van der Waals surface area contributed by atoms with Crippen molar-refractivity contribution < 1.29 is 14.6 Å². The number of pyridine rings is 2. The third-order valence-electron chi connectivity index (χ3n) is 6.93. The molecular formula is C29H28N6O3. The van der Waals surface area contributed by atoms with E-state index in [0.717, 1.165) is 41.6 Å². The highest BCUT2D eigenvalue weighted by atomic mass is 16.5. The van der Waals surface area contributed by atoms with Crippen LogP contribution in [0.3, 0.4) is 0 Å². The summed E-state index contributed by atoms with van der Waals surface area (Å²) in [6, 6.07) is 16.8. The molecule has 9 heteroatoms. The highest BCUT2D eigenvalue weighted by molar-refractivity contribution is 5.81. The third kappa shape index (κ3) is 5.00. The number of fused-ring (bicyclic) bond motifs is 2. The van der Waals surface area contributed by atoms with E-state index in [2.05, 4.69) is 22.3 Å². The van der Waals surface area contributed by atoms with E-state index in [4.69, 9.17) is 14.7 Å². The van der Waals surface area contributed by atoms with E-state index in [-0.39, 0.29) is 6.42 Å². The molecule has 38 heavy (non-hydrogen) atoms. The third-order valence-corrected chi connectivity index (χ3v) is 6.93. The number of hydrogen-bond donors (Lipinski definition) is 1. The molecule has 0 bridgehead atoms. The summed E-state index contributed by atoms with van der Waals surface area (Å²) >= 11 is 0. The van der Waals surface area contributed by atoms with Crippen LogP contribution in [-0.2, 0) is 24.1 Å². The molecule has 4 aromatic heterocycles. The van der Waals surface area contributed by atoms with Crippen LogP contribution >= 0.6 is 0 Å². The van der Waals surface area contributed by atoms with Crippen molar-refractivity contribution in [3.8, 4) is 11.6 Å². The summed E-state index contributed by atoms with van der Waals surface area (Å²) in [7, 11) is 0. The van der Waals surface area contributed by atoms with Crippen molar-refractivity contribution in [2.24, 2.45) is 0 Å². The van der Waals surface area contributed by atoms with E-state index in [1.807, 2.05) is 42.5 Å². The monoisotopic (exact) mass is 508 g/mol. The molecule has 1 aromatic carbocycles. The standard InChI is InChI=1S/C29H28N6O3/c36-29(37)18-27(25-7-3-8-28(33-25)34-15-4-14-30-34)35-26-12-11-23(17-21(26)19-31-35)38-16-13-22-10-9-20-5-1-2-6-24(20)32-22/h3-4,7-12,14-15,17,19,27H,1-2,5-6,13,16,18H2,(H,36,37). The van der Waals surface area contributed by atoms with E-state index < -0.39 is 12.0 Å². The molecule has 1 aliphatic rings. The van der Waals surface area contributed by atoms with Gasteiger partial charge in [-0.05, 0) is 73.7 Å². The largest absolute Gasteiger partial charge is 0.493 e. The number of carboxylic acid groups (broad SMARTS) is 1. The van der Waals surface area contributed by atoms with Crippen molar-refractivity contribution in [2.45, 2.75) is 44.6 Å². The Morgan fingerprint density at radius 2 is 1.95 bits per heavy atom. The second kappa shape index (κ2) is 10.5. The number of hydrogen-bond acceptors (Lipinski definition) is 6. The number of aryl methyl sites for hydroxylation is 2. The Labute approximate surface area is 219 Å². The van der Waals surface area contributed by atoms with Gasteiger partial charge >= 0.3 is 5.97 Å². The van der Waals surface area contributed by atoms with Crippen molar-refractivity contribution in [1.29, 1.82) is 0 Å². The van der Waals surface area contributed by atoms with Gasteiger partial charge in [0.2, 0.25) is 0 Å². The zero-order chi connectivity index (χ0) is 25.9. The molecule has 0 saturated carbocycles. The fourth-order valence-electron chi connectivity index (χ4n) is 5.05. The molecule has 9 nitrogen and oxygen atoms in total. The quantitative estimate of drug-likeness (QED) is 0.311. The molecule has 0 radical (unpaired) electrons. The maximum Gasteiger partial charge on any atom is 0.305 e. The van der Waals surface area contributed by atoms with Gasteiger partial charge in [0.15, 0.2) is 5.82 Å². The smallest absolute Gasteiger partial charge is 0.305 e. The molecule has 6 rings (SSSR count). The average molecular weight is 509 g/mol. The maximum atomic E-state index is 11.8. The van der Waals surface area contributed by atoms with E-state index in [1.165, 1.54) is 24.1 Å². The van der Waals surface area contributed by atoms with Crippen LogP contribution in [0.25, 0.3) is 16.7 Å². The van der Waals surface area contributed by atoms with Crippen LogP contribution in [0, 0.1) is 0 Å². The molecule has 0 amide bonds. The van der Waals surface area contributed by atoms with Gasteiger partial charge in [0.25, 0.3) is 0 Å². The van der Waals surface area contributed by atoms with E-state index in [0.29, 0.717) is 18.1 Å². The van der Waals surface area contributed by atoms with Gasteiger partial charge < -0.3 is 9.84 Å². The maximum absolute atomic E-state index is 11.8. The summed E-state index contributed by atoms with van der Waals surface area (Å²) in [5.74, 6) is 0.424. The minimum atomic E-state index is -0.930. The lowest BCUT2D eigenvalue weighted by Gasteiger charge is -2.17. The molecule has 1 unspecified atom stereocenters. The first-order chi connectivity index (χ1) is 18.6. The number of nitrogens with zero attached hydrogens (tertiary/aromatic N) is 6. The van der Waals surface area contributed by atoms with Crippen LogP contribution < -0.4 is 4.74 Å². The van der Waals surface area contributed by atoms with Crippen LogP contribution in [-0.4, -0.2) is 47.2 Å². The number of carboxylic acids is 1. The first kappa shape index (κ1) is 23.8. The van der Waals surface area contributed by atoms with Crippen LogP contribution in [0.2, 0.25) is 0 Å². The molecule has 4 heterocycles.